The van der Waals surface area contributed by atoms with Gasteiger partial charge in [-0.3, -0.25) is 0 Å². The summed E-state index contributed by atoms with van der Waals surface area (Å²) in [4.78, 5) is 2.40. The molecule has 3 nitrogen and oxygen atoms in total. The predicted molar refractivity (Wildman–Crippen MR) is 80.2 cm³/mol. The van der Waals surface area contributed by atoms with Crippen LogP contribution in [0.2, 0.25) is 0 Å². The summed E-state index contributed by atoms with van der Waals surface area (Å²) in [7, 11) is 0. The number of nitrogens with zero attached hydrogens (tertiary/aromatic N) is 1. The van der Waals surface area contributed by atoms with E-state index in [1.807, 2.05) is 0 Å². The minimum absolute atomic E-state index is 0.758. The molecule has 0 saturated heterocycles. The van der Waals surface area contributed by atoms with Crippen molar-refractivity contribution in [1.29, 1.82) is 0 Å². The van der Waals surface area contributed by atoms with Gasteiger partial charge in [0, 0.05) is 13.2 Å². The van der Waals surface area contributed by atoms with Gasteiger partial charge in [-0.05, 0) is 51.4 Å². The number of hydrogen-bond donors (Lipinski definition) is 1. The number of rotatable bonds is 13. The van der Waals surface area contributed by atoms with E-state index in [4.69, 9.17) is 4.74 Å². The molecule has 18 heavy (non-hydrogen) atoms. The Hall–Kier alpha value is -0.120. The summed E-state index contributed by atoms with van der Waals surface area (Å²) in [5.41, 5.74) is 0. The minimum Gasteiger partial charge on any atom is -0.380 e. The molecule has 110 valence electrons. The lowest BCUT2D eigenvalue weighted by molar-refractivity contribution is 0.104. The van der Waals surface area contributed by atoms with Crippen molar-refractivity contribution >= 4 is 0 Å². The number of ether oxygens (including phenoxy) is 1. The Morgan fingerprint density at radius 2 is 1.72 bits per heavy atom. The van der Waals surface area contributed by atoms with Crippen molar-refractivity contribution < 1.29 is 4.74 Å². The molecular formula is C15H34N2O. The fraction of sp³-hybridized carbons (Fsp3) is 1.00. The molecule has 0 aromatic rings. The first kappa shape index (κ1) is 17.9. The molecule has 3 heteroatoms. The van der Waals surface area contributed by atoms with E-state index in [9.17, 15) is 0 Å². The molecule has 0 radical (unpaired) electrons. The molecule has 0 aliphatic carbocycles. The summed E-state index contributed by atoms with van der Waals surface area (Å²) in [5.74, 6) is 0.758. The van der Waals surface area contributed by atoms with Crippen LogP contribution in [0.3, 0.4) is 0 Å². The van der Waals surface area contributed by atoms with Gasteiger partial charge in [-0.15, -0.1) is 0 Å². The van der Waals surface area contributed by atoms with Gasteiger partial charge in [0.2, 0.25) is 0 Å². The topological polar surface area (TPSA) is 24.5 Å². The van der Waals surface area contributed by atoms with Crippen molar-refractivity contribution in [2.24, 2.45) is 5.92 Å². The van der Waals surface area contributed by atoms with E-state index in [1.165, 1.54) is 19.3 Å². The first-order valence-corrected chi connectivity index (χ1v) is 7.71. The van der Waals surface area contributed by atoms with Gasteiger partial charge in [-0.1, -0.05) is 27.7 Å². The maximum absolute atomic E-state index is 5.65. The quantitative estimate of drug-likeness (QED) is 0.514. The van der Waals surface area contributed by atoms with Gasteiger partial charge >= 0.3 is 0 Å². The van der Waals surface area contributed by atoms with Crippen LogP contribution in [0.15, 0.2) is 0 Å². The SMILES string of the molecule is CCN(CC)CCOCCCCCNCC(C)C. The van der Waals surface area contributed by atoms with Gasteiger partial charge < -0.3 is 15.0 Å². The smallest absolute Gasteiger partial charge is 0.0593 e. The van der Waals surface area contributed by atoms with E-state index < -0.39 is 0 Å². The second-order valence-electron chi connectivity index (χ2n) is 5.30. The van der Waals surface area contributed by atoms with Crippen molar-refractivity contribution in [3.8, 4) is 0 Å². The van der Waals surface area contributed by atoms with Crippen LogP contribution in [-0.2, 0) is 4.74 Å². The fourth-order valence-corrected chi connectivity index (χ4v) is 1.86. The molecule has 0 atom stereocenters. The summed E-state index contributed by atoms with van der Waals surface area (Å²) in [5, 5.41) is 3.47. The van der Waals surface area contributed by atoms with Gasteiger partial charge in [-0.2, -0.15) is 0 Å². The molecule has 0 amide bonds. The molecule has 0 aliphatic heterocycles. The maximum atomic E-state index is 5.65. The fourth-order valence-electron chi connectivity index (χ4n) is 1.86. The van der Waals surface area contributed by atoms with Gasteiger partial charge in [-0.25, -0.2) is 0 Å². The monoisotopic (exact) mass is 258 g/mol. The molecule has 0 aliphatic rings. The van der Waals surface area contributed by atoms with Crippen LogP contribution in [-0.4, -0.2) is 50.8 Å². The second kappa shape index (κ2) is 13.3. The number of likely N-dealkylation sites (N-methyl/N-ethyl adjacent to an activating group) is 1. The zero-order valence-corrected chi connectivity index (χ0v) is 13.0. The third-order valence-electron chi connectivity index (χ3n) is 3.14. The van der Waals surface area contributed by atoms with E-state index in [2.05, 4.69) is 37.9 Å². The molecule has 0 aromatic carbocycles. The Kier molecular flexibility index (Phi) is 13.2. The van der Waals surface area contributed by atoms with Crippen LogP contribution in [0.5, 0.6) is 0 Å². The van der Waals surface area contributed by atoms with Crippen LogP contribution in [0.25, 0.3) is 0 Å². The highest BCUT2D eigenvalue weighted by atomic mass is 16.5. The third kappa shape index (κ3) is 12.3. The Bertz CT molecular complexity index is 159. The molecule has 0 bridgehead atoms. The summed E-state index contributed by atoms with van der Waals surface area (Å²) in [6.45, 7) is 16.3. The van der Waals surface area contributed by atoms with E-state index >= 15 is 0 Å². The van der Waals surface area contributed by atoms with Gasteiger partial charge in [0.1, 0.15) is 0 Å². The molecule has 0 unspecified atom stereocenters. The molecule has 0 rings (SSSR count). The molecular weight excluding hydrogens is 224 g/mol. The highest BCUT2D eigenvalue weighted by Gasteiger charge is 1.98. The standard InChI is InChI=1S/C15H34N2O/c1-5-17(6-2)11-13-18-12-9-7-8-10-16-14-15(3)4/h15-16H,5-14H2,1-4H3. The average Bonchev–Trinajstić information content (AvgIpc) is 2.36. The van der Waals surface area contributed by atoms with Crippen LogP contribution < -0.4 is 5.32 Å². The van der Waals surface area contributed by atoms with Crippen LogP contribution in [0, 0.1) is 5.92 Å². The van der Waals surface area contributed by atoms with E-state index in [1.54, 1.807) is 0 Å². The summed E-state index contributed by atoms with van der Waals surface area (Å²) < 4.78 is 5.65. The molecule has 0 spiro atoms. The predicted octanol–water partition coefficient (Wildman–Crippen LogP) is 2.76. The Morgan fingerprint density at radius 1 is 1.00 bits per heavy atom. The van der Waals surface area contributed by atoms with E-state index in [-0.39, 0.29) is 0 Å². The van der Waals surface area contributed by atoms with Gasteiger partial charge in [0.15, 0.2) is 0 Å². The van der Waals surface area contributed by atoms with E-state index in [0.717, 1.165) is 51.9 Å². The third-order valence-corrected chi connectivity index (χ3v) is 3.14. The average molecular weight is 258 g/mol. The van der Waals surface area contributed by atoms with Crippen LogP contribution >= 0.6 is 0 Å². The summed E-state index contributed by atoms with van der Waals surface area (Å²) >= 11 is 0. The van der Waals surface area contributed by atoms with Crippen molar-refractivity contribution in [1.82, 2.24) is 10.2 Å². The van der Waals surface area contributed by atoms with Crippen LogP contribution in [0.1, 0.15) is 47.0 Å². The summed E-state index contributed by atoms with van der Waals surface area (Å²) in [6.07, 6.45) is 3.74. The Morgan fingerprint density at radius 3 is 2.33 bits per heavy atom. The number of unbranched alkanes of at least 4 members (excludes halogenated alkanes) is 2. The Balaban J connectivity index is 3.07. The van der Waals surface area contributed by atoms with Crippen molar-refractivity contribution in [2.45, 2.75) is 47.0 Å². The van der Waals surface area contributed by atoms with Crippen molar-refractivity contribution in [2.75, 3.05) is 45.9 Å². The second-order valence-corrected chi connectivity index (χ2v) is 5.30. The Labute approximate surface area is 114 Å². The molecule has 0 heterocycles. The first-order chi connectivity index (χ1) is 8.70. The first-order valence-electron chi connectivity index (χ1n) is 7.71. The highest BCUT2D eigenvalue weighted by molar-refractivity contribution is 4.53. The lowest BCUT2D eigenvalue weighted by atomic mass is 10.2. The zero-order valence-electron chi connectivity index (χ0n) is 13.0. The van der Waals surface area contributed by atoms with Crippen molar-refractivity contribution in [3.63, 3.8) is 0 Å². The lowest BCUT2D eigenvalue weighted by Crippen LogP contribution is -2.27. The summed E-state index contributed by atoms with van der Waals surface area (Å²) in [6, 6.07) is 0. The van der Waals surface area contributed by atoms with Crippen LogP contribution in [0.4, 0.5) is 0 Å². The molecule has 1 N–H and O–H groups in total. The highest BCUT2D eigenvalue weighted by Crippen LogP contribution is 1.96. The van der Waals surface area contributed by atoms with Gasteiger partial charge in [0.25, 0.3) is 0 Å². The largest absolute Gasteiger partial charge is 0.380 e. The number of hydrogen-bond acceptors (Lipinski definition) is 3. The maximum Gasteiger partial charge on any atom is 0.0593 e. The normalized spacial score (nSPS) is 11.7. The van der Waals surface area contributed by atoms with E-state index in [0.29, 0.717) is 0 Å². The molecule has 0 aromatic heterocycles. The lowest BCUT2D eigenvalue weighted by Gasteiger charge is -2.17. The molecule has 0 fully saturated rings. The minimum atomic E-state index is 0.758. The van der Waals surface area contributed by atoms with Gasteiger partial charge in [0.05, 0.1) is 6.61 Å². The zero-order chi connectivity index (χ0) is 13.6. The number of nitrogens with one attached hydrogen (secondary N) is 1. The van der Waals surface area contributed by atoms with Crippen molar-refractivity contribution in [3.05, 3.63) is 0 Å². The molecule has 0 saturated carbocycles.